The van der Waals surface area contributed by atoms with Crippen molar-refractivity contribution in [2.24, 2.45) is 5.10 Å². The van der Waals surface area contributed by atoms with Gasteiger partial charge in [0, 0.05) is 21.1 Å². The zero-order valence-corrected chi connectivity index (χ0v) is 6.16. The van der Waals surface area contributed by atoms with Crippen LogP contribution in [0.4, 0.5) is 0 Å². The lowest BCUT2D eigenvalue weighted by Crippen LogP contribution is -2.34. The molecule has 58 valence electrons. The molecule has 0 saturated heterocycles. The van der Waals surface area contributed by atoms with Gasteiger partial charge in [0.25, 0.3) is 5.96 Å². The molecule has 0 aliphatic carbocycles. The molecule has 0 aromatic rings. The molecule has 0 unspecified atom stereocenters. The van der Waals surface area contributed by atoms with Gasteiger partial charge in [-0.15, -0.1) is 0 Å². The lowest BCUT2D eigenvalue weighted by atomic mass is 10.8. The molecule has 0 aromatic carbocycles. The summed E-state index contributed by atoms with van der Waals surface area (Å²) in [6.45, 7) is 0. The molecule has 0 spiro atoms. The van der Waals surface area contributed by atoms with Crippen LogP contribution in [0.25, 0.3) is 0 Å². The van der Waals surface area contributed by atoms with Crippen LogP contribution >= 0.6 is 0 Å². The Bertz CT molecular complexity index is 153. The van der Waals surface area contributed by atoms with E-state index in [1.165, 1.54) is 4.90 Å². The molecule has 0 radical (unpaired) electrons. The van der Waals surface area contributed by atoms with Crippen LogP contribution in [0.15, 0.2) is 5.10 Å². The highest BCUT2D eigenvalue weighted by Gasteiger charge is 2.02. The molecule has 1 N–H and O–H groups in total. The fraction of sp³-hybridized carbons (Fsp3) is 0.750. The van der Waals surface area contributed by atoms with E-state index in [-0.39, 0.29) is 5.96 Å². The second-order valence-corrected chi connectivity index (χ2v) is 1.81. The lowest BCUT2D eigenvalue weighted by Gasteiger charge is -2.09. The first kappa shape index (κ1) is 8.67. The van der Waals surface area contributed by atoms with Gasteiger partial charge < -0.3 is 10.2 Å². The van der Waals surface area contributed by atoms with Gasteiger partial charge in [-0.3, -0.25) is 0 Å². The van der Waals surface area contributed by atoms with Gasteiger partial charge in [0.1, 0.15) is 5.10 Å². The van der Waals surface area contributed by atoms with Crippen LogP contribution < -0.4 is 5.32 Å². The van der Waals surface area contributed by atoms with E-state index in [2.05, 4.69) is 10.4 Å². The van der Waals surface area contributed by atoms with Crippen LogP contribution in [0, 0.1) is 10.1 Å². The topological polar surface area (TPSA) is 70.8 Å². The number of nitro groups is 1. The lowest BCUT2D eigenvalue weighted by molar-refractivity contribution is -0.485. The molecule has 0 atom stereocenters. The molecular weight excluding hydrogens is 136 g/mol. The highest BCUT2D eigenvalue weighted by molar-refractivity contribution is 5.78. The molecule has 6 heteroatoms. The van der Waals surface area contributed by atoms with E-state index >= 15 is 0 Å². The van der Waals surface area contributed by atoms with Crippen molar-refractivity contribution in [3.8, 4) is 0 Å². The quantitative estimate of drug-likeness (QED) is 0.230. The van der Waals surface area contributed by atoms with Crippen LogP contribution in [0.3, 0.4) is 0 Å². The summed E-state index contributed by atoms with van der Waals surface area (Å²) in [7, 11) is 4.90. The summed E-state index contributed by atoms with van der Waals surface area (Å²) in [4.78, 5) is 11.3. The van der Waals surface area contributed by atoms with E-state index in [1.54, 1.807) is 21.1 Å². The molecule has 0 heterocycles. The number of nitrogens with one attached hydrogen (secondary N) is 1. The maximum atomic E-state index is 9.82. The average molecular weight is 146 g/mol. The van der Waals surface area contributed by atoms with Crippen molar-refractivity contribution in [2.75, 3.05) is 21.1 Å². The molecule has 6 nitrogen and oxygen atoms in total. The van der Waals surface area contributed by atoms with E-state index in [4.69, 9.17) is 0 Å². The Kier molecular flexibility index (Phi) is 3.16. The minimum absolute atomic E-state index is 0.227. The van der Waals surface area contributed by atoms with Crippen molar-refractivity contribution < 1.29 is 5.03 Å². The molecule has 0 aliphatic heterocycles. The zero-order valence-electron chi connectivity index (χ0n) is 6.16. The highest BCUT2D eigenvalue weighted by Crippen LogP contribution is 1.78. The predicted molar refractivity (Wildman–Crippen MR) is 37.2 cm³/mol. The first-order valence-corrected chi connectivity index (χ1v) is 2.66. The maximum absolute atomic E-state index is 9.82. The van der Waals surface area contributed by atoms with Gasteiger partial charge in [-0.05, 0) is 0 Å². The molecule has 0 aliphatic rings. The summed E-state index contributed by atoms with van der Waals surface area (Å²) in [5.41, 5.74) is 0. The van der Waals surface area contributed by atoms with E-state index in [1.807, 2.05) is 0 Å². The van der Waals surface area contributed by atoms with Crippen molar-refractivity contribution >= 4 is 5.96 Å². The molecule has 10 heavy (non-hydrogen) atoms. The largest absolute Gasteiger partial charge is 0.354 e. The summed E-state index contributed by atoms with van der Waals surface area (Å²) >= 11 is 0. The van der Waals surface area contributed by atoms with Crippen molar-refractivity contribution in [1.82, 2.24) is 10.2 Å². The monoisotopic (exact) mass is 146 g/mol. The molecule has 0 bridgehead atoms. The second kappa shape index (κ2) is 3.65. The second-order valence-electron chi connectivity index (χ2n) is 1.81. The fourth-order valence-electron chi connectivity index (χ4n) is 0.440. The van der Waals surface area contributed by atoms with Crippen LogP contribution in [-0.4, -0.2) is 37.0 Å². The number of hydrazone groups is 1. The van der Waals surface area contributed by atoms with Gasteiger partial charge in [0.2, 0.25) is 0 Å². The van der Waals surface area contributed by atoms with Gasteiger partial charge in [0.15, 0.2) is 5.03 Å². The first-order chi connectivity index (χ1) is 4.57. The van der Waals surface area contributed by atoms with Gasteiger partial charge in [0.05, 0.1) is 0 Å². The third-order valence-electron chi connectivity index (χ3n) is 0.824. The molecule has 0 aromatic heterocycles. The smallest absolute Gasteiger partial charge is 0.270 e. The van der Waals surface area contributed by atoms with Crippen molar-refractivity contribution in [3.63, 3.8) is 0 Å². The SMILES string of the molecule is CNC(=N[N+](=O)[O-])N(C)C. The minimum atomic E-state index is -0.744. The Morgan fingerprint density at radius 2 is 2.20 bits per heavy atom. The summed E-state index contributed by atoms with van der Waals surface area (Å²) in [5, 5.41) is 14.7. The summed E-state index contributed by atoms with van der Waals surface area (Å²) < 4.78 is 0. The number of rotatable bonds is 1. The van der Waals surface area contributed by atoms with Gasteiger partial charge >= 0.3 is 0 Å². The van der Waals surface area contributed by atoms with Crippen molar-refractivity contribution in [1.29, 1.82) is 0 Å². The number of nitrogens with zero attached hydrogens (tertiary/aromatic N) is 3. The third kappa shape index (κ3) is 2.85. The molecular formula is C4H10N4O2. The minimum Gasteiger partial charge on any atom is -0.354 e. The Morgan fingerprint density at radius 1 is 1.70 bits per heavy atom. The molecule has 0 rings (SSSR count). The van der Waals surface area contributed by atoms with Crippen LogP contribution in [-0.2, 0) is 0 Å². The number of hydrogen-bond donors (Lipinski definition) is 1. The summed E-state index contributed by atoms with van der Waals surface area (Å²) in [5.74, 6) is 0.227. The van der Waals surface area contributed by atoms with Gasteiger partial charge in [-0.25, -0.2) is 10.1 Å². The normalized spacial score (nSPS) is 10.9. The predicted octanol–water partition coefficient (Wildman–Crippen LogP) is -0.685. The van der Waals surface area contributed by atoms with Crippen LogP contribution in [0.5, 0.6) is 0 Å². The average Bonchev–Trinajstić information content (AvgIpc) is 1.81. The zero-order chi connectivity index (χ0) is 8.15. The van der Waals surface area contributed by atoms with Crippen molar-refractivity contribution in [2.45, 2.75) is 0 Å². The molecule has 0 amide bonds. The Balaban J connectivity index is 4.18. The Labute approximate surface area is 58.7 Å². The van der Waals surface area contributed by atoms with Gasteiger partial charge in [-0.2, -0.15) is 0 Å². The Hall–Kier alpha value is -1.33. The molecule has 0 saturated carbocycles. The van der Waals surface area contributed by atoms with E-state index in [9.17, 15) is 10.1 Å². The van der Waals surface area contributed by atoms with Crippen LogP contribution in [0.2, 0.25) is 0 Å². The van der Waals surface area contributed by atoms with E-state index < -0.39 is 5.03 Å². The number of hydrogen-bond acceptors (Lipinski definition) is 2. The maximum Gasteiger partial charge on any atom is 0.270 e. The first-order valence-electron chi connectivity index (χ1n) is 2.66. The van der Waals surface area contributed by atoms with E-state index in [0.717, 1.165) is 0 Å². The standard InChI is InChI=1S/C4H10N4O2/c1-5-4(7(2)3)6-8(9)10/h1-3H3,(H,5,6). The summed E-state index contributed by atoms with van der Waals surface area (Å²) in [6, 6.07) is 0. The summed E-state index contributed by atoms with van der Waals surface area (Å²) in [6.07, 6.45) is 0. The van der Waals surface area contributed by atoms with Crippen molar-refractivity contribution in [3.05, 3.63) is 10.1 Å². The Morgan fingerprint density at radius 3 is 2.30 bits per heavy atom. The molecule has 0 fully saturated rings. The highest BCUT2D eigenvalue weighted by atomic mass is 16.7. The number of guanidine groups is 1. The fourth-order valence-corrected chi connectivity index (χ4v) is 0.440. The van der Waals surface area contributed by atoms with Gasteiger partial charge in [-0.1, -0.05) is 0 Å². The third-order valence-corrected chi connectivity index (χ3v) is 0.824. The van der Waals surface area contributed by atoms with Crippen LogP contribution in [0.1, 0.15) is 0 Å². The van der Waals surface area contributed by atoms with E-state index in [0.29, 0.717) is 0 Å².